The zero-order chi connectivity index (χ0) is 12.6. The fourth-order valence-corrected chi connectivity index (χ4v) is 2.61. The molecule has 3 nitrogen and oxygen atoms in total. The van der Waals surface area contributed by atoms with E-state index in [9.17, 15) is 9.90 Å². The summed E-state index contributed by atoms with van der Waals surface area (Å²) in [5.41, 5.74) is 0.152. The first-order chi connectivity index (χ1) is 7.25. The Morgan fingerprint density at radius 1 is 1.31 bits per heavy atom. The molecule has 1 aliphatic carbocycles. The summed E-state index contributed by atoms with van der Waals surface area (Å²) >= 11 is 0. The maximum atomic E-state index is 11.9. The minimum Gasteiger partial charge on any atom is -0.391 e. The van der Waals surface area contributed by atoms with Crippen LogP contribution in [0.2, 0.25) is 0 Å². The van der Waals surface area contributed by atoms with Gasteiger partial charge in [-0.05, 0) is 17.3 Å². The van der Waals surface area contributed by atoms with E-state index in [0.717, 1.165) is 12.8 Å². The van der Waals surface area contributed by atoms with Gasteiger partial charge >= 0.3 is 0 Å². The molecule has 1 atom stereocenters. The highest BCUT2D eigenvalue weighted by Crippen LogP contribution is 2.68. The van der Waals surface area contributed by atoms with Gasteiger partial charge in [0.2, 0.25) is 5.91 Å². The monoisotopic (exact) mass is 227 g/mol. The molecule has 1 rings (SSSR count). The molecule has 94 valence electrons. The summed E-state index contributed by atoms with van der Waals surface area (Å²) in [7, 11) is 0. The molecule has 1 saturated carbocycles. The second-order valence-electron chi connectivity index (χ2n) is 6.06. The van der Waals surface area contributed by atoms with Gasteiger partial charge in [0.05, 0.1) is 6.10 Å². The Balaban J connectivity index is 2.39. The molecule has 0 aromatic rings. The molecule has 3 heteroatoms. The third-order valence-electron chi connectivity index (χ3n) is 4.42. The summed E-state index contributed by atoms with van der Waals surface area (Å²) in [6.45, 7) is 10.9. The van der Waals surface area contributed by atoms with Crippen LogP contribution in [0.1, 0.15) is 47.5 Å². The molecule has 0 spiro atoms. The third kappa shape index (κ3) is 2.24. The van der Waals surface area contributed by atoms with Crippen molar-refractivity contribution in [2.24, 2.45) is 16.7 Å². The molecule has 1 amide bonds. The lowest BCUT2D eigenvalue weighted by Crippen LogP contribution is -2.34. The van der Waals surface area contributed by atoms with Crippen LogP contribution in [0.5, 0.6) is 0 Å². The summed E-state index contributed by atoms with van der Waals surface area (Å²) in [5.74, 6) is 0.166. The molecule has 0 heterocycles. The minimum atomic E-state index is -0.404. The van der Waals surface area contributed by atoms with E-state index in [1.54, 1.807) is 0 Å². The van der Waals surface area contributed by atoms with Crippen LogP contribution in [0, 0.1) is 16.7 Å². The van der Waals surface area contributed by atoms with Gasteiger partial charge in [0, 0.05) is 12.5 Å². The lowest BCUT2D eigenvalue weighted by molar-refractivity contribution is -0.123. The average Bonchev–Trinajstić information content (AvgIpc) is 2.54. The van der Waals surface area contributed by atoms with Gasteiger partial charge < -0.3 is 10.4 Å². The Bertz CT molecular complexity index is 257. The van der Waals surface area contributed by atoms with Crippen LogP contribution >= 0.6 is 0 Å². The Morgan fingerprint density at radius 2 is 1.81 bits per heavy atom. The topological polar surface area (TPSA) is 49.3 Å². The molecule has 0 aromatic heterocycles. The number of amides is 1. The highest BCUT2D eigenvalue weighted by atomic mass is 16.3. The number of hydrogen-bond donors (Lipinski definition) is 2. The standard InChI is InChI=1S/C13H25NO2/c1-6-7-9(15)8-14-11(16)10-12(2,3)13(10,4)5/h9-10,15H,6-8H2,1-5H3,(H,14,16). The number of rotatable bonds is 5. The SMILES string of the molecule is CCCC(O)CNC(=O)C1C(C)(C)C1(C)C. The molecule has 2 N–H and O–H groups in total. The molecule has 0 aromatic carbocycles. The molecular weight excluding hydrogens is 202 g/mol. The van der Waals surface area contributed by atoms with Crippen molar-refractivity contribution >= 4 is 5.91 Å². The first-order valence-corrected chi connectivity index (χ1v) is 6.21. The zero-order valence-corrected chi connectivity index (χ0v) is 11.1. The quantitative estimate of drug-likeness (QED) is 0.754. The molecule has 0 radical (unpaired) electrons. The largest absolute Gasteiger partial charge is 0.391 e. The van der Waals surface area contributed by atoms with Crippen LogP contribution in [0.15, 0.2) is 0 Å². The molecule has 0 saturated heterocycles. The molecule has 1 aliphatic rings. The summed E-state index contributed by atoms with van der Waals surface area (Å²) in [6, 6.07) is 0. The van der Waals surface area contributed by atoms with E-state index in [-0.39, 0.29) is 22.7 Å². The number of aliphatic hydroxyl groups excluding tert-OH is 1. The second kappa shape index (κ2) is 4.36. The zero-order valence-electron chi connectivity index (χ0n) is 11.1. The van der Waals surface area contributed by atoms with Gasteiger partial charge in [-0.25, -0.2) is 0 Å². The van der Waals surface area contributed by atoms with E-state index in [0.29, 0.717) is 6.54 Å². The van der Waals surface area contributed by atoms with Gasteiger partial charge in [0.15, 0.2) is 0 Å². The number of nitrogens with one attached hydrogen (secondary N) is 1. The summed E-state index contributed by atoms with van der Waals surface area (Å²) in [4.78, 5) is 11.9. The summed E-state index contributed by atoms with van der Waals surface area (Å²) < 4.78 is 0. The van der Waals surface area contributed by atoms with Crippen molar-refractivity contribution in [1.82, 2.24) is 5.32 Å². The van der Waals surface area contributed by atoms with Gasteiger partial charge in [-0.2, -0.15) is 0 Å². The van der Waals surface area contributed by atoms with Gasteiger partial charge in [-0.3, -0.25) is 4.79 Å². The predicted octanol–water partition coefficient (Wildman–Crippen LogP) is 1.95. The van der Waals surface area contributed by atoms with Crippen LogP contribution in [-0.4, -0.2) is 23.7 Å². The molecular formula is C13H25NO2. The molecule has 0 aliphatic heterocycles. The normalized spacial score (nSPS) is 23.9. The van der Waals surface area contributed by atoms with Crippen molar-refractivity contribution in [2.45, 2.75) is 53.6 Å². The van der Waals surface area contributed by atoms with Crippen molar-refractivity contribution < 1.29 is 9.90 Å². The number of hydrogen-bond acceptors (Lipinski definition) is 2. The third-order valence-corrected chi connectivity index (χ3v) is 4.42. The first kappa shape index (κ1) is 13.5. The van der Waals surface area contributed by atoms with E-state index in [2.05, 4.69) is 33.0 Å². The molecule has 0 bridgehead atoms. The smallest absolute Gasteiger partial charge is 0.224 e. The first-order valence-electron chi connectivity index (χ1n) is 6.21. The number of carbonyl (C=O) groups excluding carboxylic acids is 1. The molecule has 1 fully saturated rings. The summed E-state index contributed by atoms with van der Waals surface area (Å²) in [6.07, 6.45) is 1.29. The van der Waals surface area contributed by atoms with Gasteiger partial charge in [-0.1, -0.05) is 41.0 Å². The second-order valence-corrected chi connectivity index (χ2v) is 6.06. The minimum absolute atomic E-state index is 0.0762. The van der Waals surface area contributed by atoms with Crippen molar-refractivity contribution in [1.29, 1.82) is 0 Å². The fourth-order valence-electron chi connectivity index (χ4n) is 2.61. The van der Waals surface area contributed by atoms with Gasteiger partial charge in [-0.15, -0.1) is 0 Å². The van der Waals surface area contributed by atoms with Crippen molar-refractivity contribution in [3.63, 3.8) is 0 Å². The van der Waals surface area contributed by atoms with Crippen LogP contribution in [-0.2, 0) is 4.79 Å². The lowest BCUT2D eigenvalue weighted by atomic mass is 10.0. The summed E-state index contributed by atoms with van der Waals surface area (Å²) in [5, 5.41) is 12.4. The molecule has 16 heavy (non-hydrogen) atoms. The molecule has 1 unspecified atom stereocenters. The van der Waals surface area contributed by atoms with E-state index < -0.39 is 6.10 Å². The van der Waals surface area contributed by atoms with E-state index >= 15 is 0 Å². The Kier molecular flexibility index (Phi) is 3.68. The number of aliphatic hydroxyl groups is 1. The van der Waals surface area contributed by atoms with Crippen LogP contribution < -0.4 is 5.32 Å². The van der Waals surface area contributed by atoms with Gasteiger partial charge in [0.1, 0.15) is 0 Å². The average molecular weight is 227 g/mol. The Labute approximate surface area is 98.6 Å². The Morgan fingerprint density at radius 3 is 2.19 bits per heavy atom. The highest BCUT2D eigenvalue weighted by Gasteiger charge is 2.68. The lowest BCUT2D eigenvalue weighted by Gasteiger charge is -2.11. The van der Waals surface area contributed by atoms with Crippen LogP contribution in [0.25, 0.3) is 0 Å². The van der Waals surface area contributed by atoms with Crippen LogP contribution in [0.4, 0.5) is 0 Å². The maximum absolute atomic E-state index is 11.9. The van der Waals surface area contributed by atoms with Gasteiger partial charge in [0.25, 0.3) is 0 Å². The number of carbonyl (C=O) groups is 1. The highest BCUT2D eigenvalue weighted by molar-refractivity contribution is 5.84. The Hall–Kier alpha value is -0.570. The van der Waals surface area contributed by atoms with E-state index in [4.69, 9.17) is 0 Å². The maximum Gasteiger partial charge on any atom is 0.224 e. The van der Waals surface area contributed by atoms with E-state index in [1.807, 2.05) is 6.92 Å². The van der Waals surface area contributed by atoms with Crippen molar-refractivity contribution in [3.8, 4) is 0 Å². The van der Waals surface area contributed by atoms with Crippen molar-refractivity contribution in [2.75, 3.05) is 6.54 Å². The van der Waals surface area contributed by atoms with Crippen LogP contribution in [0.3, 0.4) is 0 Å². The fraction of sp³-hybridized carbons (Fsp3) is 0.923. The van der Waals surface area contributed by atoms with E-state index in [1.165, 1.54) is 0 Å². The van der Waals surface area contributed by atoms with Crippen molar-refractivity contribution in [3.05, 3.63) is 0 Å². The predicted molar refractivity (Wildman–Crippen MR) is 65.0 cm³/mol.